The van der Waals surface area contributed by atoms with Crippen LogP contribution in [0.25, 0.3) is 0 Å². The standard InChI is InChI=1S/C29H19Cl2N5O3S/c1-18(37)28-33-35(25-13-7-8-14-26(25)36(38)39)29(40-28)23-12-6-5-11-21(23)27(22-17-19(30)15-16-24(22)31)32-34(29)20-9-3-2-4-10-20/h2-17H,1H3/t29-/m1/s1. The summed E-state index contributed by atoms with van der Waals surface area (Å²) >= 11 is 14.2. The molecule has 8 nitrogen and oxygen atoms in total. The zero-order chi connectivity index (χ0) is 28.0. The van der Waals surface area contributed by atoms with Crippen molar-refractivity contribution in [3.63, 3.8) is 0 Å². The van der Waals surface area contributed by atoms with Gasteiger partial charge >= 0.3 is 0 Å². The van der Waals surface area contributed by atoms with Crippen LogP contribution < -0.4 is 10.0 Å². The Balaban J connectivity index is 1.71. The van der Waals surface area contributed by atoms with Gasteiger partial charge in [-0.2, -0.15) is 10.2 Å². The van der Waals surface area contributed by atoms with E-state index in [4.69, 9.17) is 28.3 Å². The van der Waals surface area contributed by atoms with Crippen molar-refractivity contribution in [3.05, 3.63) is 134 Å². The van der Waals surface area contributed by atoms with Crippen molar-refractivity contribution in [3.8, 4) is 0 Å². The Morgan fingerprint density at radius 3 is 2.33 bits per heavy atom. The summed E-state index contributed by atoms with van der Waals surface area (Å²) in [6.07, 6.45) is 0. The molecular weight excluding hydrogens is 569 g/mol. The minimum absolute atomic E-state index is 0.158. The number of carbonyl (C=O) groups is 1. The zero-order valence-electron chi connectivity index (χ0n) is 20.9. The van der Waals surface area contributed by atoms with E-state index in [1.54, 1.807) is 41.4 Å². The average molecular weight is 588 g/mol. The van der Waals surface area contributed by atoms with Gasteiger partial charge in [-0.1, -0.05) is 77.8 Å². The number of carbonyl (C=O) groups excluding carboxylic acids is 1. The summed E-state index contributed by atoms with van der Waals surface area (Å²) < 4.78 is 0. The second kappa shape index (κ2) is 10.1. The van der Waals surface area contributed by atoms with Crippen LogP contribution >= 0.6 is 35.0 Å². The lowest BCUT2D eigenvalue weighted by Gasteiger charge is -2.46. The van der Waals surface area contributed by atoms with E-state index in [0.29, 0.717) is 32.6 Å². The van der Waals surface area contributed by atoms with Crippen molar-refractivity contribution in [1.29, 1.82) is 0 Å². The van der Waals surface area contributed by atoms with E-state index < -0.39 is 9.92 Å². The van der Waals surface area contributed by atoms with E-state index in [1.807, 2.05) is 54.6 Å². The monoisotopic (exact) mass is 587 g/mol. The summed E-state index contributed by atoms with van der Waals surface area (Å²) in [5, 5.41) is 26.4. The third-order valence-corrected chi connectivity index (χ3v) is 8.51. The predicted octanol–water partition coefficient (Wildman–Crippen LogP) is 7.44. The molecule has 6 rings (SSSR count). The van der Waals surface area contributed by atoms with Crippen molar-refractivity contribution in [1.82, 2.24) is 0 Å². The first kappa shape index (κ1) is 26.1. The number of hydrogen-bond acceptors (Lipinski definition) is 8. The van der Waals surface area contributed by atoms with Crippen molar-refractivity contribution in [2.45, 2.75) is 11.9 Å². The van der Waals surface area contributed by atoms with Crippen molar-refractivity contribution < 1.29 is 9.72 Å². The van der Waals surface area contributed by atoms with Gasteiger partial charge in [0.1, 0.15) is 11.4 Å². The molecule has 0 saturated carbocycles. The second-order valence-electron chi connectivity index (χ2n) is 8.99. The molecule has 1 spiro atoms. The van der Waals surface area contributed by atoms with E-state index in [2.05, 4.69) is 5.10 Å². The quantitative estimate of drug-likeness (QED) is 0.178. The highest BCUT2D eigenvalue weighted by Gasteiger charge is 2.57. The largest absolute Gasteiger partial charge is 0.294 e. The minimum atomic E-state index is -1.33. The third kappa shape index (κ3) is 4.14. The molecule has 0 aromatic heterocycles. The van der Waals surface area contributed by atoms with Crippen LogP contribution in [0.5, 0.6) is 0 Å². The molecule has 0 saturated heterocycles. The van der Waals surface area contributed by atoms with Crippen LogP contribution in [-0.2, 0) is 9.79 Å². The first-order valence-corrected chi connectivity index (χ1v) is 13.7. The predicted molar refractivity (Wildman–Crippen MR) is 160 cm³/mol. The van der Waals surface area contributed by atoms with E-state index >= 15 is 0 Å². The number of para-hydroxylation sites is 3. The van der Waals surface area contributed by atoms with Gasteiger partial charge in [0.15, 0.2) is 10.8 Å². The van der Waals surface area contributed by atoms with Crippen LogP contribution in [0.3, 0.4) is 0 Å². The molecule has 1 atom stereocenters. The molecule has 0 fully saturated rings. The molecule has 0 amide bonds. The molecule has 2 aliphatic rings. The first-order chi connectivity index (χ1) is 19.3. The summed E-state index contributed by atoms with van der Waals surface area (Å²) in [5.41, 5.74) is 3.32. The van der Waals surface area contributed by atoms with Gasteiger partial charge in [0.05, 0.1) is 15.6 Å². The zero-order valence-corrected chi connectivity index (χ0v) is 23.2. The molecule has 4 aromatic rings. The maximum absolute atomic E-state index is 12.8. The average Bonchev–Trinajstić information content (AvgIpc) is 3.36. The smallest absolute Gasteiger partial charge is 0.292 e. The fraction of sp³-hybridized carbons (Fsp3) is 0.0690. The number of halogens is 2. The lowest BCUT2D eigenvalue weighted by atomic mass is 9.93. The first-order valence-electron chi connectivity index (χ1n) is 12.1. The Morgan fingerprint density at radius 2 is 1.57 bits per heavy atom. The number of nitrogens with zero attached hydrogens (tertiary/aromatic N) is 5. The Bertz CT molecular complexity index is 1750. The molecule has 2 aliphatic heterocycles. The topological polar surface area (TPSA) is 91.4 Å². The van der Waals surface area contributed by atoms with Crippen LogP contribution in [-0.4, -0.2) is 21.5 Å². The summed E-state index contributed by atoms with van der Waals surface area (Å²) in [6.45, 7) is 1.42. The van der Waals surface area contributed by atoms with Gasteiger partial charge in [-0.15, -0.1) is 0 Å². The number of nitro benzene ring substituents is 1. The van der Waals surface area contributed by atoms with E-state index in [1.165, 1.54) is 29.8 Å². The summed E-state index contributed by atoms with van der Waals surface area (Å²) in [7, 11) is 0. The normalized spacial score (nSPS) is 17.9. The third-order valence-electron chi connectivity index (χ3n) is 6.53. The van der Waals surface area contributed by atoms with E-state index in [9.17, 15) is 14.9 Å². The van der Waals surface area contributed by atoms with Gasteiger partial charge in [0.2, 0.25) is 4.99 Å². The highest BCUT2D eigenvalue weighted by Crippen LogP contribution is 2.56. The number of anilines is 2. The number of thioether (sulfide) groups is 1. The number of hydrazone groups is 2. The van der Waals surface area contributed by atoms with Crippen LogP contribution in [0, 0.1) is 10.1 Å². The summed E-state index contributed by atoms with van der Waals surface area (Å²) in [6, 6.07) is 28.4. The lowest BCUT2D eigenvalue weighted by Crippen LogP contribution is -2.54. The molecule has 11 heteroatoms. The maximum atomic E-state index is 12.8. The number of hydrogen-bond donors (Lipinski definition) is 0. The summed E-state index contributed by atoms with van der Waals surface area (Å²) in [4.78, 5) is 23.2. The number of nitro groups is 1. The molecular formula is C29H19Cl2N5O3S. The fourth-order valence-corrected chi connectivity index (χ4v) is 6.47. The number of Topliss-reactive ketones (excluding diaryl/α,β-unsaturated/α-hetero) is 1. The Labute approximate surface area is 243 Å². The molecule has 0 aliphatic carbocycles. The second-order valence-corrected chi connectivity index (χ2v) is 11.0. The van der Waals surface area contributed by atoms with Gasteiger partial charge in [-0.25, -0.2) is 10.0 Å². The van der Waals surface area contributed by atoms with Gasteiger partial charge in [0.25, 0.3) is 5.69 Å². The highest BCUT2D eigenvalue weighted by molar-refractivity contribution is 8.17. The van der Waals surface area contributed by atoms with Crippen LogP contribution in [0.1, 0.15) is 23.6 Å². The summed E-state index contributed by atoms with van der Waals surface area (Å²) in [5.74, 6) is -0.274. The Kier molecular flexibility index (Phi) is 6.58. The van der Waals surface area contributed by atoms with Crippen molar-refractivity contribution >= 4 is 68.6 Å². The van der Waals surface area contributed by atoms with Gasteiger partial charge in [0, 0.05) is 34.7 Å². The molecule has 4 aromatic carbocycles. The number of rotatable bonds is 5. The van der Waals surface area contributed by atoms with Crippen LogP contribution in [0.15, 0.2) is 107 Å². The number of benzene rings is 4. The fourth-order valence-electron chi connectivity index (χ4n) is 4.81. The van der Waals surface area contributed by atoms with Gasteiger partial charge < -0.3 is 0 Å². The van der Waals surface area contributed by atoms with Gasteiger partial charge in [-0.05, 0) is 48.2 Å². The highest BCUT2D eigenvalue weighted by atomic mass is 35.5. The molecule has 2 heterocycles. The van der Waals surface area contributed by atoms with Crippen molar-refractivity contribution in [2.24, 2.45) is 10.2 Å². The Hall–Kier alpha value is -4.18. The van der Waals surface area contributed by atoms with E-state index in [0.717, 1.165) is 5.56 Å². The maximum Gasteiger partial charge on any atom is 0.294 e. The van der Waals surface area contributed by atoms with Gasteiger partial charge in [-0.3, -0.25) is 14.9 Å². The number of fused-ring (bicyclic) bond motifs is 2. The molecule has 0 unspecified atom stereocenters. The van der Waals surface area contributed by atoms with E-state index in [-0.39, 0.29) is 22.2 Å². The van der Waals surface area contributed by atoms with Crippen LogP contribution in [0.4, 0.5) is 17.1 Å². The molecule has 0 bridgehead atoms. The molecule has 0 radical (unpaired) electrons. The minimum Gasteiger partial charge on any atom is -0.292 e. The van der Waals surface area contributed by atoms with Crippen LogP contribution in [0.2, 0.25) is 10.0 Å². The number of ketones is 1. The van der Waals surface area contributed by atoms with Crippen molar-refractivity contribution in [2.75, 3.05) is 10.0 Å². The SMILES string of the molecule is CC(=O)C1=NN(c2ccccc2[N+](=O)[O-])[C@@]2(S1)c1ccccc1C(c1cc(Cl)ccc1Cl)=NN2c1ccccc1. The Morgan fingerprint density at radius 1 is 0.875 bits per heavy atom. The molecule has 0 N–H and O–H groups in total. The molecule has 40 heavy (non-hydrogen) atoms. The lowest BCUT2D eigenvalue weighted by molar-refractivity contribution is -0.384. The molecule has 198 valence electrons.